The minimum atomic E-state index is -4.37. The van der Waals surface area contributed by atoms with Crippen LogP contribution in [0.15, 0.2) is 61.1 Å². The number of benzene rings is 2. The summed E-state index contributed by atoms with van der Waals surface area (Å²) in [6.45, 7) is 0. The average Bonchev–Trinajstić information content (AvgIpc) is 3.35. The molecule has 9 heteroatoms. The maximum Gasteiger partial charge on any atom is 0.416 e. The first kappa shape index (κ1) is 18.6. The van der Waals surface area contributed by atoms with Crippen molar-refractivity contribution in [3.05, 3.63) is 66.6 Å². The maximum atomic E-state index is 12.7. The van der Waals surface area contributed by atoms with Crippen molar-refractivity contribution in [3.63, 3.8) is 0 Å². The average molecular weight is 399 g/mol. The molecule has 2 heterocycles. The van der Waals surface area contributed by atoms with Crippen LogP contribution in [-0.4, -0.2) is 27.8 Å². The summed E-state index contributed by atoms with van der Waals surface area (Å²) in [4.78, 5) is 14.7. The molecule has 0 aliphatic heterocycles. The van der Waals surface area contributed by atoms with E-state index in [1.165, 1.54) is 23.9 Å². The molecule has 0 saturated carbocycles. The molecule has 0 aliphatic carbocycles. The molecule has 0 fully saturated rings. The molecule has 4 aromatic rings. The van der Waals surface area contributed by atoms with E-state index < -0.39 is 11.7 Å². The summed E-state index contributed by atoms with van der Waals surface area (Å²) in [6.07, 6.45) is 0.703. The van der Waals surface area contributed by atoms with E-state index in [2.05, 4.69) is 20.7 Å². The van der Waals surface area contributed by atoms with Crippen molar-refractivity contribution in [1.82, 2.24) is 20.1 Å². The molecule has 0 bridgehead atoms. The van der Waals surface area contributed by atoms with E-state index in [0.29, 0.717) is 11.4 Å². The molecule has 0 saturated heterocycles. The van der Waals surface area contributed by atoms with Crippen molar-refractivity contribution >= 4 is 22.6 Å². The Balaban J connectivity index is 1.64. The van der Waals surface area contributed by atoms with Gasteiger partial charge in [0.2, 0.25) is 0 Å². The molecule has 29 heavy (non-hydrogen) atoms. The predicted molar refractivity (Wildman–Crippen MR) is 104 cm³/mol. The van der Waals surface area contributed by atoms with Crippen LogP contribution >= 0.6 is 0 Å². The van der Waals surface area contributed by atoms with Gasteiger partial charge in [-0.15, -0.1) is 0 Å². The fourth-order valence-electron chi connectivity index (χ4n) is 3.00. The summed E-state index contributed by atoms with van der Waals surface area (Å²) in [5, 5.41) is 10.3. The van der Waals surface area contributed by atoms with Gasteiger partial charge in [0.05, 0.1) is 23.1 Å². The molecule has 0 atom stereocenters. The highest BCUT2D eigenvalue weighted by Crippen LogP contribution is 2.31. The number of aromatic amines is 1. The Kier molecular flexibility index (Phi) is 4.50. The lowest BCUT2D eigenvalue weighted by molar-refractivity contribution is -0.137. The molecule has 3 N–H and O–H groups in total. The number of carbonyl (C=O) groups is 1. The van der Waals surface area contributed by atoms with Gasteiger partial charge >= 0.3 is 12.2 Å². The topological polar surface area (TPSA) is 74.7 Å². The number of anilines is 1. The lowest BCUT2D eigenvalue weighted by atomic mass is 10.1. The number of hydrogen-bond acceptors (Lipinski definition) is 2. The lowest BCUT2D eigenvalue weighted by Crippen LogP contribution is -2.24. The van der Waals surface area contributed by atoms with Gasteiger partial charge in [0.25, 0.3) is 0 Å². The Hall–Kier alpha value is -3.75. The summed E-state index contributed by atoms with van der Waals surface area (Å²) < 4.78 is 39.7. The number of rotatable bonds is 3. The molecule has 4 rings (SSSR count). The quantitative estimate of drug-likeness (QED) is 0.463. The second kappa shape index (κ2) is 7.01. The lowest BCUT2D eigenvalue weighted by Gasteiger charge is -2.07. The van der Waals surface area contributed by atoms with Crippen molar-refractivity contribution in [2.45, 2.75) is 6.18 Å². The normalized spacial score (nSPS) is 11.6. The number of fused-ring (bicyclic) bond motifs is 1. The number of nitrogens with one attached hydrogen (secondary N) is 3. The summed E-state index contributed by atoms with van der Waals surface area (Å²) in [5.74, 6) is 0. The summed E-state index contributed by atoms with van der Waals surface area (Å²) in [6, 6.07) is 10.2. The Labute approximate surface area is 163 Å². The number of amides is 2. The number of carbonyl (C=O) groups excluding carboxylic acids is 1. The fraction of sp³-hybridized carbons (Fsp3) is 0.100. The second-order valence-electron chi connectivity index (χ2n) is 6.39. The zero-order valence-electron chi connectivity index (χ0n) is 15.2. The number of hydrogen-bond donors (Lipinski definition) is 3. The first-order valence-electron chi connectivity index (χ1n) is 8.68. The third-order valence-electron chi connectivity index (χ3n) is 4.53. The van der Waals surface area contributed by atoms with Crippen molar-refractivity contribution < 1.29 is 18.0 Å². The molecule has 148 valence electrons. The monoisotopic (exact) mass is 399 g/mol. The van der Waals surface area contributed by atoms with E-state index in [9.17, 15) is 18.0 Å². The summed E-state index contributed by atoms with van der Waals surface area (Å²) >= 11 is 0. The molecule has 0 aliphatic rings. The minimum Gasteiger partial charge on any atom is -0.359 e. The van der Waals surface area contributed by atoms with Crippen LogP contribution in [0.1, 0.15) is 5.56 Å². The highest BCUT2D eigenvalue weighted by atomic mass is 19.4. The molecule has 2 aromatic heterocycles. The van der Waals surface area contributed by atoms with Gasteiger partial charge in [0.15, 0.2) is 0 Å². The molecule has 0 unspecified atom stereocenters. The van der Waals surface area contributed by atoms with E-state index >= 15 is 0 Å². The number of H-pyrrole nitrogens is 1. The van der Waals surface area contributed by atoms with Crippen molar-refractivity contribution in [2.24, 2.45) is 0 Å². The Bertz CT molecular complexity index is 1180. The molecule has 6 nitrogen and oxygen atoms in total. The van der Waals surface area contributed by atoms with Crippen LogP contribution in [-0.2, 0) is 6.18 Å². The van der Waals surface area contributed by atoms with Gasteiger partial charge in [-0.05, 0) is 42.0 Å². The van der Waals surface area contributed by atoms with Crippen LogP contribution in [0, 0.1) is 0 Å². The third-order valence-corrected chi connectivity index (χ3v) is 4.53. The highest BCUT2D eigenvalue weighted by Gasteiger charge is 2.30. The van der Waals surface area contributed by atoms with Crippen molar-refractivity contribution in [3.8, 4) is 16.8 Å². The van der Waals surface area contributed by atoms with Crippen LogP contribution in [0.5, 0.6) is 0 Å². The van der Waals surface area contributed by atoms with E-state index in [-0.39, 0.29) is 6.03 Å². The van der Waals surface area contributed by atoms with Gasteiger partial charge in [-0.1, -0.05) is 6.07 Å². The van der Waals surface area contributed by atoms with Crippen LogP contribution in [0.3, 0.4) is 0 Å². The second-order valence-corrected chi connectivity index (χ2v) is 6.39. The Morgan fingerprint density at radius 2 is 1.86 bits per heavy atom. The smallest absolute Gasteiger partial charge is 0.359 e. The first-order chi connectivity index (χ1) is 13.8. The Morgan fingerprint density at radius 3 is 2.55 bits per heavy atom. The zero-order chi connectivity index (χ0) is 20.6. The number of nitrogens with zero attached hydrogens (tertiary/aromatic N) is 2. The van der Waals surface area contributed by atoms with E-state index in [0.717, 1.165) is 34.2 Å². The number of alkyl halides is 3. The number of aromatic nitrogens is 3. The van der Waals surface area contributed by atoms with Gasteiger partial charge in [-0.25, -0.2) is 9.48 Å². The van der Waals surface area contributed by atoms with E-state index in [1.807, 2.05) is 18.2 Å². The first-order valence-corrected chi connectivity index (χ1v) is 8.68. The number of urea groups is 1. The van der Waals surface area contributed by atoms with Gasteiger partial charge < -0.3 is 15.6 Å². The van der Waals surface area contributed by atoms with E-state index in [4.69, 9.17) is 0 Å². The molecular weight excluding hydrogens is 383 g/mol. The zero-order valence-corrected chi connectivity index (χ0v) is 15.2. The molecule has 0 radical (unpaired) electrons. The van der Waals surface area contributed by atoms with Crippen LogP contribution in [0.4, 0.5) is 23.7 Å². The van der Waals surface area contributed by atoms with Gasteiger partial charge in [0, 0.05) is 35.9 Å². The number of halogens is 3. The fourth-order valence-corrected chi connectivity index (χ4v) is 3.00. The highest BCUT2D eigenvalue weighted by molar-refractivity contribution is 6.02. The molecule has 2 aromatic carbocycles. The SMILES string of the molecule is CNC(=O)Nc1c[nH]c2ccc(-c3cnn(-c4ccc(C(F)(F)F)cc4)c3)cc12. The Morgan fingerprint density at radius 1 is 1.10 bits per heavy atom. The van der Waals surface area contributed by atoms with Crippen molar-refractivity contribution in [1.29, 1.82) is 0 Å². The van der Waals surface area contributed by atoms with Crippen LogP contribution in [0.2, 0.25) is 0 Å². The predicted octanol–water partition coefficient (Wildman–Crippen LogP) is 4.79. The largest absolute Gasteiger partial charge is 0.416 e. The summed E-state index contributed by atoms with van der Waals surface area (Å²) in [5.41, 5.74) is 2.96. The standard InChI is InChI=1S/C20H16F3N5O/c1-24-19(29)27-18-10-25-17-7-2-12(8-16(17)18)13-9-26-28(11-13)15-5-3-14(4-6-15)20(21,22)23/h2-11,25H,1H3,(H2,24,27,29). The minimum absolute atomic E-state index is 0.327. The van der Waals surface area contributed by atoms with Crippen LogP contribution in [0.25, 0.3) is 27.7 Å². The van der Waals surface area contributed by atoms with Crippen molar-refractivity contribution in [2.75, 3.05) is 12.4 Å². The molecule has 0 spiro atoms. The van der Waals surface area contributed by atoms with Gasteiger partial charge in [0.1, 0.15) is 0 Å². The third kappa shape index (κ3) is 3.66. The maximum absolute atomic E-state index is 12.7. The van der Waals surface area contributed by atoms with Gasteiger partial charge in [-0.3, -0.25) is 0 Å². The molecular formula is C20H16F3N5O. The van der Waals surface area contributed by atoms with Crippen LogP contribution < -0.4 is 10.6 Å². The molecule has 2 amide bonds. The summed E-state index contributed by atoms with van der Waals surface area (Å²) in [7, 11) is 1.53. The van der Waals surface area contributed by atoms with Gasteiger partial charge in [-0.2, -0.15) is 18.3 Å². The van der Waals surface area contributed by atoms with E-state index in [1.54, 1.807) is 18.6 Å².